The first-order valence-electron chi connectivity index (χ1n) is 10.4. The van der Waals surface area contributed by atoms with Gasteiger partial charge in [-0.15, -0.1) is 0 Å². The van der Waals surface area contributed by atoms with Crippen LogP contribution in [0.3, 0.4) is 0 Å². The third-order valence-electron chi connectivity index (χ3n) is 5.15. The second kappa shape index (κ2) is 10.5. The second-order valence-electron chi connectivity index (χ2n) is 7.52. The quantitative estimate of drug-likeness (QED) is 0.261. The molecule has 4 rings (SSSR count). The van der Waals surface area contributed by atoms with E-state index >= 15 is 0 Å². The Morgan fingerprint density at radius 2 is 1.76 bits per heavy atom. The number of hydrogen-bond donors (Lipinski definition) is 0. The van der Waals surface area contributed by atoms with Crippen LogP contribution in [0.1, 0.15) is 16.7 Å². The van der Waals surface area contributed by atoms with Gasteiger partial charge in [0.1, 0.15) is 12.4 Å². The molecule has 0 radical (unpaired) electrons. The van der Waals surface area contributed by atoms with E-state index in [1.54, 1.807) is 31.4 Å². The number of ether oxygens (including phenoxy) is 3. The maximum Gasteiger partial charge on any atom is 0.270 e. The number of thiocarbonyl (C=S) groups is 1. The number of carbonyl (C=O) groups is 1. The Labute approximate surface area is 213 Å². The van der Waals surface area contributed by atoms with Gasteiger partial charge in [-0.05, 0) is 54.5 Å². The topological polar surface area (TPSA) is 48.0 Å². The third kappa shape index (κ3) is 5.22. The molecule has 0 unspecified atom stereocenters. The van der Waals surface area contributed by atoms with Gasteiger partial charge in [-0.25, -0.2) is 0 Å². The number of amides is 1. The Balaban J connectivity index is 1.53. The lowest BCUT2D eigenvalue weighted by molar-refractivity contribution is -0.113. The number of nitrogens with zero attached hydrogens (tertiary/aromatic N) is 1. The van der Waals surface area contributed by atoms with E-state index in [4.69, 9.17) is 38.0 Å². The Hall–Kier alpha value is -3.00. The summed E-state index contributed by atoms with van der Waals surface area (Å²) in [5, 5.41) is 0.406. The van der Waals surface area contributed by atoms with Gasteiger partial charge in [-0.3, -0.25) is 9.69 Å². The number of methoxy groups -OCH3 is 2. The lowest BCUT2D eigenvalue weighted by Crippen LogP contribution is -2.27. The molecule has 3 aromatic rings. The fourth-order valence-electron chi connectivity index (χ4n) is 3.49. The molecule has 1 heterocycles. The van der Waals surface area contributed by atoms with E-state index in [0.29, 0.717) is 43.8 Å². The summed E-state index contributed by atoms with van der Waals surface area (Å²) >= 11 is 12.9. The number of hydrogen-bond acceptors (Lipinski definition) is 6. The molecule has 0 aromatic heterocycles. The Morgan fingerprint density at radius 3 is 2.47 bits per heavy atom. The van der Waals surface area contributed by atoms with Gasteiger partial charge in [0.15, 0.2) is 15.8 Å². The minimum atomic E-state index is -0.213. The molecule has 34 heavy (non-hydrogen) atoms. The van der Waals surface area contributed by atoms with Crippen LogP contribution in [0.25, 0.3) is 6.08 Å². The standard InChI is InChI=1S/C26H22ClNO4S2/c1-16-5-4-6-18(11-16)15-32-22-9-7-17(12-23(22)31-3)13-24-25(29)28(26(33)34-24)19-8-10-21(30-2)20(27)14-19/h4-14H,15H2,1-3H3/b24-13-. The normalized spacial score (nSPS) is 14.6. The average molecular weight is 512 g/mol. The van der Waals surface area contributed by atoms with Gasteiger partial charge in [-0.2, -0.15) is 0 Å². The number of halogens is 1. The highest BCUT2D eigenvalue weighted by Gasteiger charge is 2.33. The van der Waals surface area contributed by atoms with Gasteiger partial charge in [0.25, 0.3) is 5.91 Å². The zero-order chi connectivity index (χ0) is 24.2. The molecule has 1 saturated heterocycles. The van der Waals surface area contributed by atoms with Crippen LogP contribution in [0, 0.1) is 6.92 Å². The summed E-state index contributed by atoms with van der Waals surface area (Å²) in [7, 11) is 3.13. The highest BCUT2D eigenvalue weighted by Crippen LogP contribution is 2.39. The van der Waals surface area contributed by atoms with Crippen molar-refractivity contribution in [2.24, 2.45) is 0 Å². The monoisotopic (exact) mass is 511 g/mol. The van der Waals surface area contributed by atoms with Crippen LogP contribution in [0.2, 0.25) is 5.02 Å². The van der Waals surface area contributed by atoms with Crippen molar-refractivity contribution in [2.45, 2.75) is 13.5 Å². The van der Waals surface area contributed by atoms with Crippen molar-refractivity contribution in [3.05, 3.63) is 87.3 Å². The van der Waals surface area contributed by atoms with Crippen LogP contribution in [0.5, 0.6) is 17.2 Å². The first kappa shape index (κ1) is 24.1. The van der Waals surface area contributed by atoms with E-state index in [2.05, 4.69) is 6.07 Å². The molecule has 174 valence electrons. The van der Waals surface area contributed by atoms with Crippen molar-refractivity contribution in [1.82, 2.24) is 0 Å². The maximum absolute atomic E-state index is 13.1. The molecular formula is C26H22ClNO4S2. The van der Waals surface area contributed by atoms with E-state index in [-0.39, 0.29) is 5.91 Å². The number of aryl methyl sites for hydroxylation is 1. The SMILES string of the molecule is COc1ccc(N2C(=O)/C(=C/c3ccc(OCc4cccc(C)c4)c(OC)c3)SC2=S)cc1Cl. The zero-order valence-electron chi connectivity index (χ0n) is 18.8. The van der Waals surface area contributed by atoms with E-state index in [0.717, 1.165) is 11.1 Å². The molecule has 1 aliphatic heterocycles. The molecule has 0 atom stereocenters. The van der Waals surface area contributed by atoms with Crippen molar-refractivity contribution in [3.63, 3.8) is 0 Å². The number of rotatable bonds is 7. The maximum atomic E-state index is 13.1. The van der Waals surface area contributed by atoms with Gasteiger partial charge in [0.05, 0.1) is 29.8 Å². The molecule has 8 heteroatoms. The van der Waals surface area contributed by atoms with Crippen LogP contribution in [0.4, 0.5) is 5.69 Å². The summed E-state index contributed by atoms with van der Waals surface area (Å²) in [6, 6.07) is 18.8. The minimum absolute atomic E-state index is 0.213. The summed E-state index contributed by atoms with van der Waals surface area (Å²) in [5.41, 5.74) is 3.65. The fraction of sp³-hybridized carbons (Fsp3) is 0.154. The Morgan fingerprint density at radius 1 is 1.00 bits per heavy atom. The summed E-state index contributed by atoms with van der Waals surface area (Å²) in [5.74, 6) is 1.53. The molecule has 0 spiro atoms. The predicted octanol–water partition coefficient (Wildman–Crippen LogP) is 6.65. The van der Waals surface area contributed by atoms with Crippen LogP contribution in [-0.4, -0.2) is 24.4 Å². The number of carbonyl (C=O) groups excluding carboxylic acids is 1. The molecule has 5 nitrogen and oxygen atoms in total. The number of thioether (sulfide) groups is 1. The predicted molar refractivity (Wildman–Crippen MR) is 142 cm³/mol. The van der Waals surface area contributed by atoms with E-state index in [1.165, 1.54) is 29.3 Å². The van der Waals surface area contributed by atoms with Crippen molar-refractivity contribution in [2.75, 3.05) is 19.1 Å². The smallest absolute Gasteiger partial charge is 0.270 e. The second-order valence-corrected chi connectivity index (χ2v) is 9.61. The molecule has 1 aliphatic rings. The summed E-state index contributed by atoms with van der Waals surface area (Å²) in [4.78, 5) is 15.1. The molecule has 0 bridgehead atoms. The molecular weight excluding hydrogens is 490 g/mol. The summed E-state index contributed by atoms with van der Waals surface area (Å²) in [6.07, 6.45) is 1.79. The lowest BCUT2D eigenvalue weighted by atomic mass is 10.1. The van der Waals surface area contributed by atoms with Gasteiger partial charge < -0.3 is 14.2 Å². The molecule has 0 saturated carbocycles. The van der Waals surface area contributed by atoms with E-state index in [1.807, 2.05) is 43.3 Å². The highest BCUT2D eigenvalue weighted by atomic mass is 35.5. The third-order valence-corrected chi connectivity index (χ3v) is 6.75. The van der Waals surface area contributed by atoms with Gasteiger partial charge in [0, 0.05) is 0 Å². The van der Waals surface area contributed by atoms with E-state index in [9.17, 15) is 4.79 Å². The Kier molecular flexibility index (Phi) is 7.46. The number of benzene rings is 3. The highest BCUT2D eigenvalue weighted by molar-refractivity contribution is 8.27. The first-order valence-corrected chi connectivity index (χ1v) is 12.0. The molecule has 0 N–H and O–H groups in total. The van der Waals surface area contributed by atoms with Crippen molar-refractivity contribution in [1.29, 1.82) is 0 Å². The molecule has 1 fully saturated rings. The first-order chi connectivity index (χ1) is 16.4. The summed E-state index contributed by atoms with van der Waals surface area (Å²) in [6.45, 7) is 2.48. The van der Waals surface area contributed by atoms with Crippen LogP contribution in [0.15, 0.2) is 65.6 Å². The molecule has 0 aliphatic carbocycles. The molecule has 3 aromatic carbocycles. The van der Waals surface area contributed by atoms with Crippen molar-refractivity contribution < 1.29 is 19.0 Å². The molecule has 1 amide bonds. The van der Waals surface area contributed by atoms with Gasteiger partial charge in [-0.1, -0.05) is 71.5 Å². The van der Waals surface area contributed by atoms with Crippen LogP contribution in [-0.2, 0) is 11.4 Å². The van der Waals surface area contributed by atoms with Crippen LogP contribution < -0.4 is 19.1 Å². The zero-order valence-corrected chi connectivity index (χ0v) is 21.2. The van der Waals surface area contributed by atoms with Crippen LogP contribution >= 0.6 is 35.6 Å². The van der Waals surface area contributed by atoms with Gasteiger partial charge in [0.2, 0.25) is 0 Å². The van der Waals surface area contributed by atoms with Crippen molar-refractivity contribution >= 4 is 57.6 Å². The minimum Gasteiger partial charge on any atom is -0.495 e. The fourth-order valence-corrected chi connectivity index (χ4v) is 5.04. The number of anilines is 1. The van der Waals surface area contributed by atoms with E-state index < -0.39 is 0 Å². The largest absolute Gasteiger partial charge is 0.495 e. The van der Waals surface area contributed by atoms with Crippen molar-refractivity contribution in [3.8, 4) is 17.2 Å². The Bertz CT molecular complexity index is 1290. The summed E-state index contributed by atoms with van der Waals surface area (Å²) < 4.78 is 17.1. The average Bonchev–Trinajstić information content (AvgIpc) is 3.10. The van der Waals surface area contributed by atoms with Gasteiger partial charge >= 0.3 is 0 Å². The lowest BCUT2D eigenvalue weighted by Gasteiger charge is -2.15.